The van der Waals surface area contributed by atoms with E-state index in [2.05, 4.69) is 0 Å². The number of anilines is 1. The minimum atomic E-state index is -3.70. The Labute approximate surface area is 182 Å². The van der Waals surface area contributed by atoms with Gasteiger partial charge in [-0.15, -0.1) is 0 Å². The van der Waals surface area contributed by atoms with Gasteiger partial charge in [0, 0.05) is 25.0 Å². The molecule has 1 aromatic carbocycles. The van der Waals surface area contributed by atoms with E-state index in [1.54, 1.807) is 37.4 Å². The predicted octanol–water partition coefficient (Wildman–Crippen LogP) is 2.66. The van der Waals surface area contributed by atoms with Crippen molar-refractivity contribution in [3.63, 3.8) is 0 Å². The number of esters is 2. The van der Waals surface area contributed by atoms with Gasteiger partial charge >= 0.3 is 11.9 Å². The third kappa shape index (κ3) is 4.57. The van der Waals surface area contributed by atoms with Crippen LogP contribution in [0.1, 0.15) is 24.8 Å². The molecule has 0 spiro atoms. The van der Waals surface area contributed by atoms with Crippen LogP contribution in [0.5, 0.6) is 0 Å². The molecule has 0 aliphatic carbocycles. The van der Waals surface area contributed by atoms with Crippen molar-refractivity contribution in [1.29, 1.82) is 0 Å². The molecular formula is C22H26N2O6S. The van der Waals surface area contributed by atoms with Crippen LogP contribution in [0, 0.1) is 6.92 Å². The maximum Gasteiger partial charge on any atom is 0.355 e. The van der Waals surface area contributed by atoms with Crippen LogP contribution in [0.4, 0.5) is 5.69 Å². The van der Waals surface area contributed by atoms with Crippen molar-refractivity contribution in [3.05, 3.63) is 59.5 Å². The fourth-order valence-electron chi connectivity index (χ4n) is 3.63. The van der Waals surface area contributed by atoms with Gasteiger partial charge in [-0.25, -0.2) is 18.0 Å². The summed E-state index contributed by atoms with van der Waals surface area (Å²) in [5.41, 5.74) is 0.941. The highest BCUT2D eigenvalue weighted by molar-refractivity contribution is 7.89. The molecule has 0 N–H and O–H groups in total. The lowest BCUT2D eigenvalue weighted by molar-refractivity contribution is -0.139. The van der Waals surface area contributed by atoms with Gasteiger partial charge in [0.25, 0.3) is 0 Å². The molecule has 0 aromatic heterocycles. The van der Waals surface area contributed by atoms with E-state index in [4.69, 9.17) is 9.47 Å². The number of rotatable bonds is 5. The number of hydrogen-bond acceptors (Lipinski definition) is 7. The van der Waals surface area contributed by atoms with Crippen LogP contribution in [-0.4, -0.2) is 52.0 Å². The second-order valence-electron chi connectivity index (χ2n) is 7.23. The molecule has 0 atom stereocenters. The molecule has 0 radical (unpaired) electrons. The normalized spacial score (nSPS) is 17.5. The molecule has 1 fully saturated rings. The zero-order valence-corrected chi connectivity index (χ0v) is 18.6. The highest BCUT2D eigenvalue weighted by Crippen LogP contribution is 2.31. The van der Waals surface area contributed by atoms with Crippen molar-refractivity contribution in [2.75, 3.05) is 32.2 Å². The summed E-state index contributed by atoms with van der Waals surface area (Å²) in [6.45, 7) is 2.70. The largest absolute Gasteiger partial charge is 0.465 e. The maximum atomic E-state index is 13.3. The molecule has 0 bridgehead atoms. The van der Waals surface area contributed by atoms with Crippen molar-refractivity contribution in [1.82, 2.24) is 4.31 Å². The van der Waals surface area contributed by atoms with Crippen LogP contribution in [-0.2, 0) is 29.1 Å². The van der Waals surface area contributed by atoms with E-state index in [0.29, 0.717) is 24.3 Å². The minimum Gasteiger partial charge on any atom is -0.465 e. The van der Waals surface area contributed by atoms with Crippen LogP contribution in [0.15, 0.2) is 58.8 Å². The number of carbonyl (C=O) groups is 2. The van der Waals surface area contributed by atoms with Gasteiger partial charge in [0.2, 0.25) is 10.0 Å². The Hall–Kier alpha value is -2.91. The average Bonchev–Trinajstić information content (AvgIpc) is 3.02. The minimum absolute atomic E-state index is 0.000336. The lowest BCUT2D eigenvalue weighted by Crippen LogP contribution is -2.36. The molecule has 0 saturated carbocycles. The number of piperidine rings is 1. The first-order valence-corrected chi connectivity index (χ1v) is 11.4. The van der Waals surface area contributed by atoms with Gasteiger partial charge in [-0.05, 0) is 49.6 Å². The van der Waals surface area contributed by atoms with E-state index >= 15 is 0 Å². The van der Waals surface area contributed by atoms with Crippen molar-refractivity contribution >= 4 is 27.6 Å². The van der Waals surface area contributed by atoms with Gasteiger partial charge in [-0.1, -0.05) is 18.6 Å². The summed E-state index contributed by atoms with van der Waals surface area (Å²) in [4.78, 5) is 26.5. The molecular weight excluding hydrogens is 420 g/mol. The number of carbonyl (C=O) groups excluding carboxylic acids is 2. The van der Waals surface area contributed by atoms with Gasteiger partial charge < -0.3 is 14.4 Å². The van der Waals surface area contributed by atoms with Gasteiger partial charge in [-0.3, -0.25) is 0 Å². The van der Waals surface area contributed by atoms with Crippen molar-refractivity contribution in [2.24, 2.45) is 0 Å². The Morgan fingerprint density at radius 1 is 0.968 bits per heavy atom. The molecule has 2 aliphatic heterocycles. The molecule has 2 heterocycles. The molecule has 0 unspecified atom stereocenters. The SMILES string of the molecule is COC(=O)C1=C(C(=O)OC)N(c2ccc(C)c(S(=O)(=O)N3CCCCC3)c2)C=CC=C1. The first-order valence-electron chi connectivity index (χ1n) is 9.97. The second-order valence-corrected chi connectivity index (χ2v) is 9.14. The third-order valence-electron chi connectivity index (χ3n) is 5.27. The number of nitrogens with zero attached hydrogens (tertiary/aromatic N) is 2. The van der Waals surface area contributed by atoms with Gasteiger partial charge in [0.05, 0.1) is 24.7 Å². The molecule has 166 valence electrons. The van der Waals surface area contributed by atoms with E-state index in [-0.39, 0.29) is 16.2 Å². The summed E-state index contributed by atoms with van der Waals surface area (Å²) >= 11 is 0. The van der Waals surface area contributed by atoms with Gasteiger partial charge in [-0.2, -0.15) is 4.31 Å². The van der Waals surface area contributed by atoms with Gasteiger partial charge in [0.1, 0.15) is 5.70 Å². The molecule has 1 aromatic rings. The fraction of sp³-hybridized carbons (Fsp3) is 0.364. The Morgan fingerprint density at radius 3 is 2.29 bits per heavy atom. The molecule has 1 saturated heterocycles. The Bertz CT molecular complexity index is 1070. The fourth-order valence-corrected chi connectivity index (χ4v) is 5.39. The Kier molecular flexibility index (Phi) is 6.97. The number of sulfonamides is 1. The number of ether oxygens (including phenoxy) is 2. The Balaban J connectivity index is 2.14. The maximum absolute atomic E-state index is 13.3. The smallest absolute Gasteiger partial charge is 0.355 e. The number of allylic oxidation sites excluding steroid dienone is 2. The highest BCUT2D eigenvalue weighted by Gasteiger charge is 2.31. The predicted molar refractivity (Wildman–Crippen MR) is 116 cm³/mol. The quantitative estimate of drug-likeness (QED) is 0.642. The number of hydrogen-bond donors (Lipinski definition) is 0. The van der Waals surface area contributed by atoms with E-state index in [0.717, 1.165) is 19.3 Å². The summed E-state index contributed by atoms with van der Waals surface area (Å²) in [5, 5.41) is 0. The molecule has 0 amide bonds. The first kappa shape index (κ1) is 22.8. The van der Waals surface area contributed by atoms with Crippen LogP contribution >= 0.6 is 0 Å². The van der Waals surface area contributed by atoms with E-state index in [9.17, 15) is 18.0 Å². The number of benzene rings is 1. The monoisotopic (exact) mass is 446 g/mol. The molecule has 31 heavy (non-hydrogen) atoms. The molecule has 9 heteroatoms. The summed E-state index contributed by atoms with van der Waals surface area (Å²) in [5.74, 6) is -1.46. The summed E-state index contributed by atoms with van der Waals surface area (Å²) < 4.78 is 37.8. The first-order chi connectivity index (χ1) is 14.8. The van der Waals surface area contributed by atoms with E-state index in [1.165, 1.54) is 35.6 Å². The summed E-state index contributed by atoms with van der Waals surface area (Å²) in [6, 6.07) is 4.90. The zero-order valence-electron chi connectivity index (χ0n) is 17.8. The number of methoxy groups -OCH3 is 2. The van der Waals surface area contributed by atoms with Crippen LogP contribution in [0.2, 0.25) is 0 Å². The van der Waals surface area contributed by atoms with Crippen molar-refractivity contribution in [2.45, 2.75) is 31.1 Å². The van der Waals surface area contributed by atoms with E-state index in [1.807, 2.05) is 0 Å². The Morgan fingerprint density at radius 2 is 1.65 bits per heavy atom. The standard InChI is InChI=1S/C22H26N2O6S/c1-16-10-11-17(15-19(16)31(27,28)23-12-6-4-7-13-23)24-14-8-5-9-18(21(25)29-2)20(24)22(26)30-3/h5,8-11,14-15H,4,6-7,12-13H2,1-3H3. The van der Waals surface area contributed by atoms with Crippen LogP contribution in [0.25, 0.3) is 0 Å². The van der Waals surface area contributed by atoms with Crippen LogP contribution in [0.3, 0.4) is 0 Å². The van der Waals surface area contributed by atoms with Gasteiger partial charge in [0.15, 0.2) is 0 Å². The summed E-state index contributed by atoms with van der Waals surface area (Å²) in [6.07, 6.45) is 8.92. The lowest BCUT2D eigenvalue weighted by atomic mass is 10.1. The summed E-state index contributed by atoms with van der Waals surface area (Å²) in [7, 11) is -1.27. The lowest BCUT2D eigenvalue weighted by Gasteiger charge is -2.28. The van der Waals surface area contributed by atoms with Crippen LogP contribution < -0.4 is 4.90 Å². The highest BCUT2D eigenvalue weighted by atomic mass is 32.2. The molecule has 8 nitrogen and oxygen atoms in total. The molecule has 3 rings (SSSR count). The van der Waals surface area contributed by atoms with Crippen molar-refractivity contribution in [3.8, 4) is 0 Å². The molecule has 2 aliphatic rings. The third-order valence-corrected chi connectivity index (χ3v) is 7.31. The van der Waals surface area contributed by atoms with E-state index < -0.39 is 22.0 Å². The van der Waals surface area contributed by atoms with Crippen molar-refractivity contribution < 1.29 is 27.5 Å². The zero-order chi connectivity index (χ0) is 22.6. The average molecular weight is 447 g/mol. The number of aryl methyl sites for hydroxylation is 1. The topological polar surface area (TPSA) is 93.2 Å². The second kappa shape index (κ2) is 9.49.